The van der Waals surface area contributed by atoms with E-state index in [-0.39, 0.29) is 11.8 Å². The van der Waals surface area contributed by atoms with E-state index in [1.165, 1.54) is 15.6 Å². The first-order valence-corrected chi connectivity index (χ1v) is 13.0. The van der Waals surface area contributed by atoms with E-state index < -0.39 is 16.1 Å². The van der Waals surface area contributed by atoms with Crippen LogP contribution in [-0.4, -0.2) is 54.2 Å². The minimum absolute atomic E-state index is 0.0968. The summed E-state index contributed by atoms with van der Waals surface area (Å²) < 4.78 is 33.5. The van der Waals surface area contributed by atoms with E-state index in [0.29, 0.717) is 53.2 Å². The Bertz CT molecular complexity index is 1200. The van der Waals surface area contributed by atoms with Crippen molar-refractivity contribution in [2.24, 2.45) is 0 Å². The molecule has 0 bridgehead atoms. The lowest BCUT2D eigenvalue weighted by Crippen LogP contribution is -2.49. The molecule has 2 aliphatic rings. The third-order valence-corrected chi connectivity index (χ3v) is 9.59. The predicted molar refractivity (Wildman–Crippen MR) is 119 cm³/mol. The molecular formula is C21H22ClN3O4S2. The highest BCUT2D eigenvalue weighted by molar-refractivity contribution is 7.91. The zero-order valence-electron chi connectivity index (χ0n) is 16.7. The summed E-state index contributed by atoms with van der Waals surface area (Å²) in [5, 5.41) is 2.36. The van der Waals surface area contributed by atoms with E-state index in [1.807, 2.05) is 6.07 Å². The van der Waals surface area contributed by atoms with Gasteiger partial charge in [0.1, 0.15) is 15.8 Å². The summed E-state index contributed by atoms with van der Waals surface area (Å²) in [6, 6.07) is 8.07. The first-order valence-electron chi connectivity index (χ1n) is 10.3. The lowest BCUT2D eigenvalue weighted by molar-refractivity contribution is -0.135. The molecule has 2 saturated heterocycles. The summed E-state index contributed by atoms with van der Waals surface area (Å²) in [5.41, 5.74) is 1.44. The Labute approximate surface area is 189 Å². The summed E-state index contributed by atoms with van der Waals surface area (Å²) in [7, 11) is -3.63. The molecule has 10 heteroatoms. The number of fused-ring (bicyclic) bond motifs is 1. The zero-order chi connectivity index (χ0) is 21.6. The second-order valence-electron chi connectivity index (χ2n) is 7.97. The number of aromatic nitrogens is 1. The smallest absolute Gasteiger partial charge is 0.253 e. The van der Waals surface area contributed by atoms with Crippen LogP contribution in [0.1, 0.15) is 37.5 Å². The number of rotatable bonds is 4. The molecule has 4 heterocycles. The first kappa shape index (κ1) is 20.9. The molecule has 2 aliphatic heterocycles. The monoisotopic (exact) mass is 479 g/mol. The van der Waals surface area contributed by atoms with Crippen molar-refractivity contribution in [3.05, 3.63) is 46.6 Å². The highest BCUT2D eigenvalue weighted by atomic mass is 35.5. The van der Waals surface area contributed by atoms with Crippen molar-refractivity contribution in [2.75, 3.05) is 19.6 Å². The Hall–Kier alpha value is -1.94. The van der Waals surface area contributed by atoms with Gasteiger partial charge in [0.05, 0.1) is 0 Å². The van der Waals surface area contributed by atoms with Crippen LogP contribution in [0.5, 0.6) is 0 Å². The molecule has 1 atom stereocenters. The fraction of sp³-hybridized carbons (Fsp3) is 0.429. The number of halogens is 1. The van der Waals surface area contributed by atoms with Crippen LogP contribution in [0.25, 0.3) is 11.1 Å². The van der Waals surface area contributed by atoms with Gasteiger partial charge in [-0.3, -0.25) is 4.79 Å². The van der Waals surface area contributed by atoms with Crippen molar-refractivity contribution < 1.29 is 17.6 Å². The molecule has 0 N–H and O–H groups in total. The largest absolute Gasteiger partial charge is 0.440 e. The van der Waals surface area contributed by atoms with Gasteiger partial charge in [0.15, 0.2) is 11.5 Å². The molecule has 0 spiro atoms. The molecule has 1 unspecified atom stereocenters. The number of hydrogen-bond donors (Lipinski definition) is 0. The summed E-state index contributed by atoms with van der Waals surface area (Å²) in [4.78, 5) is 19.6. The number of benzene rings is 1. The molecule has 2 fully saturated rings. The Morgan fingerprint density at radius 3 is 2.71 bits per heavy atom. The Balaban J connectivity index is 1.27. The number of oxazole rings is 1. The molecule has 3 aromatic rings. The van der Waals surface area contributed by atoms with Crippen molar-refractivity contribution in [3.8, 4) is 0 Å². The van der Waals surface area contributed by atoms with Crippen LogP contribution in [0.2, 0.25) is 5.02 Å². The van der Waals surface area contributed by atoms with Crippen LogP contribution in [-0.2, 0) is 14.8 Å². The highest BCUT2D eigenvalue weighted by Gasteiger charge is 2.42. The van der Waals surface area contributed by atoms with Gasteiger partial charge < -0.3 is 9.32 Å². The van der Waals surface area contributed by atoms with Gasteiger partial charge in [-0.1, -0.05) is 17.7 Å². The summed E-state index contributed by atoms with van der Waals surface area (Å²) in [6.07, 6.45) is 2.73. The highest BCUT2D eigenvalue weighted by Crippen LogP contribution is 2.33. The molecule has 0 saturated carbocycles. The second kappa shape index (κ2) is 8.20. The van der Waals surface area contributed by atoms with Crippen LogP contribution >= 0.6 is 22.9 Å². The first-order chi connectivity index (χ1) is 14.9. The Morgan fingerprint density at radius 2 is 1.97 bits per heavy atom. The van der Waals surface area contributed by atoms with Crippen LogP contribution < -0.4 is 0 Å². The Morgan fingerprint density at radius 1 is 1.16 bits per heavy atom. The molecule has 0 radical (unpaired) electrons. The average molecular weight is 480 g/mol. The summed E-state index contributed by atoms with van der Waals surface area (Å²) in [6.45, 7) is 1.51. The molecule has 31 heavy (non-hydrogen) atoms. The van der Waals surface area contributed by atoms with Gasteiger partial charge in [-0.05, 0) is 55.3 Å². The maximum Gasteiger partial charge on any atom is 0.253 e. The molecule has 7 nitrogen and oxygen atoms in total. The SMILES string of the molecule is O=C(C1CCCN1S(=O)(=O)c1cccs1)N1CCC(c2nc3cc(Cl)ccc3o2)CC1. The quantitative estimate of drug-likeness (QED) is 0.562. The third-order valence-electron chi connectivity index (χ3n) is 6.07. The minimum atomic E-state index is -3.63. The van der Waals surface area contributed by atoms with Gasteiger partial charge in [-0.2, -0.15) is 4.31 Å². The molecule has 164 valence electrons. The summed E-state index contributed by atoms with van der Waals surface area (Å²) >= 11 is 7.22. The van der Waals surface area contributed by atoms with Crippen molar-refractivity contribution in [1.29, 1.82) is 0 Å². The van der Waals surface area contributed by atoms with Gasteiger partial charge >= 0.3 is 0 Å². The lowest BCUT2D eigenvalue weighted by atomic mass is 9.96. The Kier molecular flexibility index (Phi) is 5.54. The van der Waals surface area contributed by atoms with Gasteiger partial charge in [0, 0.05) is 30.6 Å². The summed E-state index contributed by atoms with van der Waals surface area (Å²) in [5.74, 6) is 0.706. The standard InChI is InChI=1S/C21H22ClN3O4S2/c22-15-5-6-18-16(13-15)23-20(29-18)14-7-10-24(11-8-14)21(26)17-3-1-9-25(17)31(27,28)19-4-2-12-30-19/h2,4-6,12-14,17H,1,3,7-11H2. The number of carbonyl (C=O) groups excluding carboxylic acids is 1. The van der Waals surface area contributed by atoms with E-state index in [0.717, 1.165) is 18.4 Å². The van der Waals surface area contributed by atoms with Crippen LogP contribution in [0.4, 0.5) is 0 Å². The number of hydrogen-bond acceptors (Lipinski definition) is 6. The van der Waals surface area contributed by atoms with Crippen LogP contribution in [0.3, 0.4) is 0 Å². The lowest BCUT2D eigenvalue weighted by Gasteiger charge is -2.34. The van der Waals surface area contributed by atoms with E-state index in [9.17, 15) is 13.2 Å². The number of likely N-dealkylation sites (tertiary alicyclic amines) is 1. The molecule has 5 rings (SSSR count). The average Bonchev–Trinajstić information content (AvgIpc) is 3.53. The fourth-order valence-corrected chi connectivity index (χ4v) is 7.39. The van der Waals surface area contributed by atoms with Gasteiger partial charge in [-0.15, -0.1) is 11.3 Å². The predicted octanol–water partition coefficient (Wildman–Crippen LogP) is 4.10. The van der Waals surface area contributed by atoms with E-state index in [4.69, 9.17) is 16.0 Å². The molecule has 0 aliphatic carbocycles. The van der Waals surface area contributed by atoms with E-state index in [2.05, 4.69) is 4.98 Å². The number of amides is 1. The molecule has 1 amide bonds. The number of carbonyl (C=O) groups is 1. The van der Waals surface area contributed by atoms with Crippen molar-refractivity contribution in [3.63, 3.8) is 0 Å². The third kappa shape index (κ3) is 3.88. The minimum Gasteiger partial charge on any atom is -0.440 e. The van der Waals surface area contributed by atoms with E-state index in [1.54, 1.807) is 34.5 Å². The maximum absolute atomic E-state index is 13.2. The van der Waals surface area contributed by atoms with Crippen LogP contribution in [0, 0.1) is 0 Å². The fourth-order valence-electron chi connectivity index (χ4n) is 4.45. The van der Waals surface area contributed by atoms with Gasteiger partial charge in [-0.25, -0.2) is 13.4 Å². The number of sulfonamides is 1. The maximum atomic E-state index is 13.2. The van der Waals surface area contributed by atoms with Gasteiger partial charge in [0.25, 0.3) is 10.0 Å². The second-order valence-corrected chi connectivity index (χ2v) is 11.5. The van der Waals surface area contributed by atoms with Crippen LogP contribution in [0.15, 0.2) is 44.3 Å². The van der Waals surface area contributed by atoms with Gasteiger partial charge in [0.2, 0.25) is 5.91 Å². The number of thiophene rings is 1. The number of piperidine rings is 1. The van der Waals surface area contributed by atoms with Crippen molar-refractivity contribution in [2.45, 2.75) is 41.9 Å². The number of nitrogens with zero attached hydrogens (tertiary/aromatic N) is 3. The van der Waals surface area contributed by atoms with Crippen molar-refractivity contribution in [1.82, 2.24) is 14.2 Å². The zero-order valence-corrected chi connectivity index (χ0v) is 19.1. The molecule has 2 aromatic heterocycles. The van der Waals surface area contributed by atoms with E-state index >= 15 is 0 Å². The normalized spacial score (nSPS) is 21.2. The molecule has 1 aromatic carbocycles. The van der Waals surface area contributed by atoms with Crippen molar-refractivity contribution >= 4 is 50.0 Å². The molecular weight excluding hydrogens is 458 g/mol. The topological polar surface area (TPSA) is 83.7 Å².